The van der Waals surface area contributed by atoms with Gasteiger partial charge in [0, 0.05) is 30.6 Å². The van der Waals surface area contributed by atoms with E-state index >= 15 is 0 Å². The largest absolute Gasteiger partial charge is 0.404 e. The highest BCUT2D eigenvalue weighted by Crippen LogP contribution is 2.16. The summed E-state index contributed by atoms with van der Waals surface area (Å²) < 4.78 is 0. The van der Waals surface area contributed by atoms with Gasteiger partial charge in [-0.25, -0.2) is 0 Å². The maximum atomic E-state index is 11.0. The van der Waals surface area contributed by atoms with Crippen molar-refractivity contribution >= 4 is 23.4 Å². The number of aliphatic hydroxyl groups is 1. The van der Waals surface area contributed by atoms with E-state index < -0.39 is 0 Å². The maximum absolute atomic E-state index is 11.0. The zero-order valence-corrected chi connectivity index (χ0v) is 10.3. The molecule has 0 radical (unpaired) electrons. The van der Waals surface area contributed by atoms with Crippen LogP contribution in [0.2, 0.25) is 0 Å². The van der Waals surface area contributed by atoms with Crippen LogP contribution in [0.15, 0.2) is 35.5 Å². The highest BCUT2D eigenvalue weighted by molar-refractivity contribution is 6.10. The van der Waals surface area contributed by atoms with Crippen molar-refractivity contribution in [2.24, 2.45) is 10.7 Å². The summed E-state index contributed by atoms with van der Waals surface area (Å²) in [6.07, 6.45) is 3.04. The minimum atomic E-state index is -0.126. The van der Waals surface area contributed by atoms with Crippen molar-refractivity contribution in [3.05, 3.63) is 36.0 Å². The first-order chi connectivity index (χ1) is 8.67. The molecular weight excluding hydrogens is 230 g/mol. The third-order valence-electron chi connectivity index (χ3n) is 2.16. The lowest BCUT2D eigenvalue weighted by molar-refractivity contribution is -0.114. The first kappa shape index (κ1) is 13.9. The molecule has 0 aromatic heterocycles. The number of aliphatic hydroxyl groups excluding tert-OH is 1. The fourth-order valence-electron chi connectivity index (χ4n) is 1.41. The Labute approximate surface area is 106 Å². The van der Waals surface area contributed by atoms with Gasteiger partial charge in [-0.05, 0) is 17.7 Å². The summed E-state index contributed by atoms with van der Waals surface area (Å²) in [6.45, 7) is 1.79. The van der Waals surface area contributed by atoms with Gasteiger partial charge in [0.1, 0.15) is 0 Å². The van der Waals surface area contributed by atoms with Crippen molar-refractivity contribution in [3.8, 4) is 0 Å². The predicted molar refractivity (Wildman–Crippen MR) is 73.4 cm³/mol. The number of nitrogens with two attached hydrogens (primary N) is 1. The third kappa shape index (κ3) is 4.39. The molecule has 0 saturated carbocycles. The normalized spacial score (nSPS) is 11.8. The van der Waals surface area contributed by atoms with Gasteiger partial charge in [0.25, 0.3) is 0 Å². The number of nitrogens with zero attached hydrogens (tertiary/aromatic N) is 1. The summed E-state index contributed by atoms with van der Waals surface area (Å²) in [5.74, 6) is -0.126. The van der Waals surface area contributed by atoms with Gasteiger partial charge in [-0.1, -0.05) is 12.1 Å². The zero-order valence-electron chi connectivity index (χ0n) is 10.3. The number of carbonyl (C=O) groups excluding carboxylic acids is 1. The number of amides is 1. The second-order valence-electron chi connectivity index (χ2n) is 3.64. The van der Waals surface area contributed by atoms with E-state index in [1.54, 1.807) is 12.3 Å². The van der Waals surface area contributed by atoms with Gasteiger partial charge in [-0.15, -0.1) is 0 Å². The molecule has 1 aromatic carbocycles. The van der Waals surface area contributed by atoms with Crippen LogP contribution in [0.4, 0.5) is 5.69 Å². The average Bonchev–Trinajstić information content (AvgIpc) is 2.34. The molecule has 0 unspecified atom stereocenters. The van der Waals surface area contributed by atoms with Crippen molar-refractivity contribution in [2.45, 2.75) is 6.92 Å². The van der Waals surface area contributed by atoms with E-state index in [1.807, 2.05) is 18.2 Å². The zero-order chi connectivity index (χ0) is 13.4. The SMILES string of the molecule is CC(=O)Nc1cccc(/C(C=NCCO)=C/N)c1. The Bertz CT molecular complexity index is 467. The molecule has 0 aliphatic carbocycles. The molecule has 1 rings (SSSR count). The molecule has 5 nitrogen and oxygen atoms in total. The summed E-state index contributed by atoms with van der Waals surface area (Å²) >= 11 is 0. The van der Waals surface area contributed by atoms with E-state index in [0.29, 0.717) is 12.2 Å². The molecular formula is C13H17N3O2. The Morgan fingerprint density at radius 3 is 2.94 bits per heavy atom. The smallest absolute Gasteiger partial charge is 0.221 e. The maximum Gasteiger partial charge on any atom is 0.221 e. The number of anilines is 1. The molecule has 0 aliphatic rings. The van der Waals surface area contributed by atoms with Crippen LogP contribution in [0.25, 0.3) is 5.57 Å². The van der Waals surface area contributed by atoms with Gasteiger partial charge in [0.05, 0.1) is 13.2 Å². The molecule has 0 spiro atoms. The Morgan fingerprint density at radius 1 is 1.56 bits per heavy atom. The molecule has 0 aliphatic heterocycles. The highest BCUT2D eigenvalue weighted by Gasteiger charge is 2.01. The second kappa shape index (κ2) is 7.24. The number of benzene rings is 1. The summed E-state index contributed by atoms with van der Waals surface area (Å²) in [5.41, 5.74) is 7.82. The molecule has 1 amide bonds. The number of aliphatic imine (C=N–C) groups is 1. The van der Waals surface area contributed by atoms with E-state index in [4.69, 9.17) is 10.8 Å². The number of rotatable bonds is 5. The highest BCUT2D eigenvalue weighted by atomic mass is 16.3. The number of nitrogens with one attached hydrogen (secondary N) is 1. The summed E-state index contributed by atoms with van der Waals surface area (Å²) in [4.78, 5) is 15.0. The van der Waals surface area contributed by atoms with E-state index in [9.17, 15) is 4.79 Å². The van der Waals surface area contributed by atoms with Gasteiger partial charge >= 0.3 is 0 Å². The lowest BCUT2D eigenvalue weighted by atomic mass is 10.1. The van der Waals surface area contributed by atoms with E-state index in [2.05, 4.69) is 10.3 Å². The number of hydrogen-bond acceptors (Lipinski definition) is 4. The first-order valence-corrected chi connectivity index (χ1v) is 5.58. The summed E-state index contributed by atoms with van der Waals surface area (Å²) in [5, 5.41) is 11.4. The number of allylic oxidation sites excluding steroid dienone is 1. The standard InChI is InChI=1S/C13H17N3O2/c1-10(18)16-13-4-2-3-11(7-13)12(8-14)9-15-5-6-17/h2-4,7-9,17H,5-6,14H2,1H3,(H,16,18)/b12-8+,15-9?. The van der Waals surface area contributed by atoms with Crippen molar-refractivity contribution < 1.29 is 9.90 Å². The average molecular weight is 247 g/mol. The van der Waals surface area contributed by atoms with Crippen molar-refractivity contribution in [1.82, 2.24) is 0 Å². The predicted octanol–water partition coefficient (Wildman–Crippen LogP) is 1.01. The van der Waals surface area contributed by atoms with Crippen molar-refractivity contribution in [1.29, 1.82) is 0 Å². The van der Waals surface area contributed by atoms with Crippen LogP contribution < -0.4 is 11.1 Å². The Kier molecular flexibility index (Phi) is 5.60. The molecule has 0 saturated heterocycles. The van der Waals surface area contributed by atoms with Crippen LogP contribution in [-0.4, -0.2) is 30.4 Å². The van der Waals surface area contributed by atoms with Crippen LogP contribution >= 0.6 is 0 Å². The number of carbonyl (C=O) groups is 1. The topological polar surface area (TPSA) is 87.7 Å². The minimum absolute atomic E-state index is 0.000281. The Morgan fingerprint density at radius 2 is 2.33 bits per heavy atom. The van der Waals surface area contributed by atoms with Crippen molar-refractivity contribution in [3.63, 3.8) is 0 Å². The quantitative estimate of drug-likeness (QED) is 0.678. The van der Waals surface area contributed by atoms with Crippen LogP contribution in [0.5, 0.6) is 0 Å². The Hall–Kier alpha value is -2.14. The van der Waals surface area contributed by atoms with Gasteiger partial charge < -0.3 is 16.2 Å². The fraction of sp³-hybridized carbons (Fsp3) is 0.231. The van der Waals surface area contributed by atoms with Crippen LogP contribution in [0, 0.1) is 0 Å². The second-order valence-corrected chi connectivity index (χ2v) is 3.64. The number of hydrogen-bond donors (Lipinski definition) is 3. The first-order valence-electron chi connectivity index (χ1n) is 5.58. The molecule has 0 heterocycles. The fourth-order valence-corrected chi connectivity index (χ4v) is 1.41. The monoisotopic (exact) mass is 247 g/mol. The van der Waals surface area contributed by atoms with E-state index in [0.717, 1.165) is 11.1 Å². The molecule has 0 bridgehead atoms. The molecule has 18 heavy (non-hydrogen) atoms. The molecule has 1 aromatic rings. The molecule has 5 heteroatoms. The molecule has 0 atom stereocenters. The van der Waals surface area contributed by atoms with E-state index in [1.165, 1.54) is 13.1 Å². The minimum Gasteiger partial charge on any atom is -0.404 e. The van der Waals surface area contributed by atoms with Gasteiger partial charge in [0.15, 0.2) is 0 Å². The lowest BCUT2D eigenvalue weighted by Gasteiger charge is -2.06. The van der Waals surface area contributed by atoms with Gasteiger partial charge in [-0.2, -0.15) is 0 Å². The van der Waals surface area contributed by atoms with Gasteiger partial charge in [-0.3, -0.25) is 9.79 Å². The summed E-state index contributed by atoms with van der Waals surface area (Å²) in [7, 11) is 0. The van der Waals surface area contributed by atoms with Crippen molar-refractivity contribution in [2.75, 3.05) is 18.5 Å². The van der Waals surface area contributed by atoms with Crippen LogP contribution in [0.3, 0.4) is 0 Å². The Balaban J connectivity index is 2.90. The molecule has 4 N–H and O–H groups in total. The van der Waals surface area contributed by atoms with Crippen LogP contribution in [-0.2, 0) is 4.79 Å². The lowest BCUT2D eigenvalue weighted by Crippen LogP contribution is -2.06. The van der Waals surface area contributed by atoms with Crippen LogP contribution in [0.1, 0.15) is 12.5 Å². The third-order valence-corrected chi connectivity index (χ3v) is 2.16. The van der Waals surface area contributed by atoms with Gasteiger partial charge in [0.2, 0.25) is 5.91 Å². The molecule has 0 fully saturated rings. The van der Waals surface area contributed by atoms with E-state index in [-0.39, 0.29) is 12.5 Å². The summed E-state index contributed by atoms with van der Waals surface area (Å²) in [6, 6.07) is 7.30. The molecule has 96 valence electrons.